The monoisotopic (exact) mass is 372 g/mol. The van der Waals surface area contributed by atoms with E-state index in [-0.39, 0.29) is 11.6 Å². The molecule has 0 radical (unpaired) electrons. The maximum absolute atomic E-state index is 14.3. The molecule has 0 saturated carbocycles. The topological polar surface area (TPSA) is 74.5 Å². The zero-order valence-corrected chi connectivity index (χ0v) is 15.4. The summed E-state index contributed by atoms with van der Waals surface area (Å²) in [7, 11) is 0. The fourth-order valence-electron chi connectivity index (χ4n) is 3.52. The molecule has 0 spiro atoms. The molecule has 1 atom stereocenters. The van der Waals surface area contributed by atoms with Gasteiger partial charge in [-0.15, -0.1) is 0 Å². The smallest absolute Gasteiger partial charge is 0.189 e. The summed E-state index contributed by atoms with van der Waals surface area (Å²) in [4.78, 5) is 20.6. The van der Waals surface area contributed by atoms with Crippen molar-refractivity contribution in [3.63, 3.8) is 0 Å². The standard InChI is InChI=1S/C22H17FN4O/c1-13-11-15(14(2)27(13)20-10-6-3-7-17(20)23)21(28)16(12-24)22-25-18-8-4-5-9-19(18)26-22/h3-11,16H,1-2H3,(H,25,26)/t16-/m1/s1. The number of nitriles is 1. The van der Waals surface area contributed by atoms with Gasteiger partial charge in [-0.05, 0) is 44.2 Å². The first-order valence-corrected chi connectivity index (χ1v) is 8.83. The molecular formula is C22H17FN4O. The highest BCUT2D eigenvalue weighted by atomic mass is 19.1. The van der Waals surface area contributed by atoms with E-state index in [2.05, 4.69) is 16.0 Å². The van der Waals surface area contributed by atoms with Gasteiger partial charge in [0, 0.05) is 17.0 Å². The first-order valence-electron chi connectivity index (χ1n) is 8.83. The molecule has 0 aliphatic rings. The summed E-state index contributed by atoms with van der Waals surface area (Å²) in [6.07, 6.45) is 0. The van der Waals surface area contributed by atoms with Gasteiger partial charge < -0.3 is 9.55 Å². The summed E-state index contributed by atoms with van der Waals surface area (Å²) in [5.41, 5.74) is 3.52. The second kappa shape index (κ2) is 6.78. The number of Topliss-reactive ketones (excluding diaryl/α,β-unsaturated/α-hetero) is 1. The number of aromatic nitrogens is 3. The summed E-state index contributed by atoms with van der Waals surface area (Å²) in [5, 5.41) is 9.67. The SMILES string of the molecule is Cc1cc(C(=O)[C@@H](C#N)c2nc3ccccc3[nH]2)c(C)n1-c1ccccc1F. The summed E-state index contributed by atoms with van der Waals surface area (Å²) < 4.78 is 16.0. The Kier molecular flexibility index (Phi) is 4.28. The van der Waals surface area contributed by atoms with E-state index < -0.39 is 5.92 Å². The lowest BCUT2D eigenvalue weighted by molar-refractivity contribution is 0.0976. The second-order valence-electron chi connectivity index (χ2n) is 6.64. The lowest BCUT2D eigenvalue weighted by Gasteiger charge is -2.11. The van der Waals surface area contributed by atoms with Gasteiger partial charge in [-0.1, -0.05) is 24.3 Å². The van der Waals surface area contributed by atoms with Crippen molar-refractivity contribution < 1.29 is 9.18 Å². The number of carbonyl (C=O) groups is 1. The summed E-state index contributed by atoms with van der Waals surface area (Å²) in [6, 6.07) is 17.5. The molecule has 2 aromatic carbocycles. The molecule has 6 heteroatoms. The Balaban J connectivity index is 1.78. The van der Waals surface area contributed by atoms with Crippen LogP contribution >= 0.6 is 0 Å². The molecule has 28 heavy (non-hydrogen) atoms. The van der Waals surface area contributed by atoms with Crippen molar-refractivity contribution in [3.8, 4) is 11.8 Å². The van der Waals surface area contributed by atoms with Crippen LogP contribution in [0.2, 0.25) is 0 Å². The molecular weight excluding hydrogens is 355 g/mol. The highest BCUT2D eigenvalue weighted by molar-refractivity contribution is 6.04. The first-order chi connectivity index (χ1) is 13.5. The van der Waals surface area contributed by atoms with E-state index >= 15 is 0 Å². The van der Waals surface area contributed by atoms with E-state index in [1.165, 1.54) is 6.07 Å². The number of hydrogen-bond donors (Lipinski definition) is 1. The van der Waals surface area contributed by atoms with Crippen LogP contribution < -0.4 is 0 Å². The van der Waals surface area contributed by atoms with Crippen LogP contribution in [0.25, 0.3) is 16.7 Å². The maximum Gasteiger partial charge on any atom is 0.189 e. The Labute approximate surface area is 161 Å². The van der Waals surface area contributed by atoms with E-state index in [9.17, 15) is 14.4 Å². The molecule has 0 unspecified atom stereocenters. The number of halogens is 1. The lowest BCUT2D eigenvalue weighted by Crippen LogP contribution is -2.14. The quantitative estimate of drug-likeness (QED) is 0.532. The minimum absolute atomic E-state index is 0.310. The number of imidazole rings is 1. The van der Waals surface area contributed by atoms with Gasteiger partial charge in [0.15, 0.2) is 11.7 Å². The van der Waals surface area contributed by atoms with Crippen LogP contribution in [0, 0.1) is 31.0 Å². The molecule has 4 rings (SSSR count). The maximum atomic E-state index is 14.3. The van der Waals surface area contributed by atoms with Gasteiger partial charge in [0.2, 0.25) is 0 Å². The van der Waals surface area contributed by atoms with Gasteiger partial charge in [-0.3, -0.25) is 4.79 Å². The van der Waals surface area contributed by atoms with E-state index in [0.717, 1.165) is 5.52 Å². The minimum Gasteiger partial charge on any atom is -0.340 e. The summed E-state index contributed by atoms with van der Waals surface area (Å²) >= 11 is 0. The van der Waals surface area contributed by atoms with E-state index in [0.29, 0.717) is 34.0 Å². The van der Waals surface area contributed by atoms with Gasteiger partial charge in [0.05, 0.1) is 22.8 Å². The number of nitrogens with one attached hydrogen (secondary N) is 1. The first kappa shape index (κ1) is 17.7. The Hall–Kier alpha value is -3.72. The number of rotatable bonds is 4. The molecule has 4 aromatic rings. The highest BCUT2D eigenvalue weighted by Gasteiger charge is 2.28. The second-order valence-corrected chi connectivity index (χ2v) is 6.64. The van der Waals surface area contributed by atoms with Crippen LogP contribution in [0.1, 0.15) is 33.5 Å². The van der Waals surface area contributed by atoms with Crippen LogP contribution in [0.15, 0.2) is 54.6 Å². The predicted octanol–water partition coefficient (Wildman–Crippen LogP) is 4.60. The van der Waals surface area contributed by atoms with Gasteiger partial charge in [0.1, 0.15) is 11.6 Å². The average Bonchev–Trinajstić information content (AvgIpc) is 3.23. The van der Waals surface area contributed by atoms with Gasteiger partial charge in [0.25, 0.3) is 0 Å². The number of para-hydroxylation sites is 3. The van der Waals surface area contributed by atoms with Crippen LogP contribution in [-0.4, -0.2) is 20.3 Å². The zero-order valence-electron chi connectivity index (χ0n) is 15.4. The van der Waals surface area contributed by atoms with Crippen molar-refractivity contribution >= 4 is 16.8 Å². The number of fused-ring (bicyclic) bond motifs is 1. The number of aromatic amines is 1. The normalized spacial score (nSPS) is 12.1. The largest absolute Gasteiger partial charge is 0.340 e. The van der Waals surface area contributed by atoms with Crippen molar-refractivity contribution in [1.82, 2.24) is 14.5 Å². The van der Waals surface area contributed by atoms with Crippen LogP contribution in [0.3, 0.4) is 0 Å². The predicted molar refractivity (Wildman–Crippen MR) is 104 cm³/mol. The average molecular weight is 372 g/mol. The van der Waals surface area contributed by atoms with Gasteiger partial charge in [-0.2, -0.15) is 5.26 Å². The molecule has 2 aromatic heterocycles. The number of hydrogen-bond acceptors (Lipinski definition) is 3. The van der Waals surface area contributed by atoms with Crippen molar-refractivity contribution in [1.29, 1.82) is 5.26 Å². The van der Waals surface area contributed by atoms with Crippen molar-refractivity contribution in [2.45, 2.75) is 19.8 Å². The van der Waals surface area contributed by atoms with Crippen LogP contribution in [-0.2, 0) is 0 Å². The van der Waals surface area contributed by atoms with Crippen molar-refractivity contribution in [3.05, 3.63) is 83.2 Å². The zero-order chi connectivity index (χ0) is 19.8. The molecule has 0 aliphatic carbocycles. The number of H-pyrrole nitrogens is 1. The third-order valence-corrected chi connectivity index (χ3v) is 4.86. The van der Waals surface area contributed by atoms with E-state index in [1.807, 2.05) is 24.3 Å². The molecule has 0 fully saturated rings. The Bertz CT molecular complexity index is 1210. The van der Waals surface area contributed by atoms with Gasteiger partial charge >= 0.3 is 0 Å². The Morgan fingerprint density at radius 3 is 2.61 bits per heavy atom. The number of carbonyl (C=O) groups excluding carboxylic acids is 1. The molecule has 0 saturated heterocycles. The molecule has 0 amide bonds. The van der Waals surface area contributed by atoms with E-state index in [1.54, 1.807) is 42.7 Å². The van der Waals surface area contributed by atoms with Gasteiger partial charge in [-0.25, -0.2) is 9.37 Å². The molecule has 1 N–H and O–H groups in total. The summed E-state index contributed by atoms with van der Waals surface area (Å²) in [6.45, 7) is 3.55. The Morgan fingerprint density at radius 2 is 1.89 bits per heavy atom. The third-order valence-electron chi connectivity index (χ3n) is 4.86. The van der Waals surface area contributed by atoms with Crippen molar-refractivity contribution in [2.24, 2.45) is 0 Å². The number of nitrogens with zero attached hydrogens (tertiary/aromatic N) is 3. The van der Waals surface area contributed by atoms with Crippen LogP contribution in [0.5, 0.6) is 0 Å². The molecule has 0 aliphatic heterocycles. The number of aryl methyl sites for hydroxylation is 1. The molecule has 5 nitrogen and oxygen atoms in total. The van der Waals surface area contributed by atoms with Crippen molar-refractivity contribution in [2.75, 3.05) is 0 Å². The highest BCUT2D eigenvalue weighted by Crippen LogP contribution is 2.27. The molecule has 2 heterocycles. The molecule has 0 bridgehead atoms. The fourth-order valence-corrected chi connectivity index (χ4v) is 3.52. The number of benzene rings is 2. The molecule has 138 valence electrons. The summed E-state index contributed by atoms with van der Waals surface area (Å²) in [5.74, 6) is -1.50. The minimum atomic E-state index is -1.07. The fraction of sp³-hybridized carbons (Fsp3) is 0.136. The lowest BCUT2D eigenvalue weighted by atomic mass is 9.98. The number of ketones is 1. The third kappa shape index (κ3) is 2.78. The van der Waals surface area contributed by atoms with Crippen LogP contribution in [0.4, 0.5) is 4.39 Å². The van der Waals surface area contributed by atoms with E-state index in [4.69, 9.17) is 0 Å². The Morgan fingerprint density at radius 1 is 1.18 bits per heavy atom.